The molecule has 3 aromatic heterocycles. The van der Waals surface area contributed by atoms with Gasteiger partial charge < -0.3 is 15.4 Å². The van der Waals surface area contributed by atoms with Crippen molar-refractivity contribution in [3.63, 3.8) is 0 Å². The van der Waals surface area contributed by atoms with Gasteiger partial charge in [-0.3, -0.25) is 0 Å². The summed E-state index contributed by atoms with van der Waals surface area (Å²) >= 11 is 1.37. The largest absolute Gasteiger partial charge is 0.491 e. The first kappa shape index (κ1) is 26.3. The number of fused-ring (bicyclic) bond motifs is 2. The number of hydrogen-bond acceptors (Lipinski definition) is 10. The zero-order valence-corrected chi connectivity index (χ0v) is 23.7. The quantitative estimate of drug-likeness (QED) is 0.364. The van der Waals surface area contributed by atoms with Crippen LogP contribution in [0.15, 0.2) is 24.4 Å². The summed E-state index contributed by atoms with van der Waals surface area (Å²) in [5, 5.41) is 0.499. The number of benzene rings is 1. The maximum Gasteiger partial charge on any atom is 0.209 e. The van der Waals surface area contributed by atoms with E-state index in [1.165, 1.54) is 11.3 Å². The fourth-order valence-electron chi connectivity index (χ4n) is 4.87. The lowest BCUT2D eigenvalue weighted by Gasteiger charge is -2.27. The fraction of sp³-hybridized carbons (Fsp3) is 0.385. The molecule has 5 rings (SSSR count). The molecule has 0 fully saturated rings. The first-order valence-electron chi connectivity index (χ1n) is 12.3. The molecule has 200 valence electrons. The molecule has 0 saturated heterocycles. The van der Waals surface area contributed by atoms with Crippen molar-refractivity contribution in [1.82, 2.24) is 24.7 Å². The number of anilines is 2. The molecule has 0 atom stereocenters. The van der Waals surface area contributed by atoms with E-state index in [1.807, 2.05) is 26.1 Å². The molecule has 0 spiro atoms. The number of aryl methyl sites for hydroxylation is 2. The highest BCUT2D eigenvalue weighted by Crippen LogP contribution is 2.36. The fourth-order valence-corrected chi connectivity index (χ4v) is 5.92. The van der Waals surface area contributed by atoms with Gasteiger partial charge in [0.1, 0.15) is 34.3 Å². The zero-order valence-electron chi connectivity index (χ0n) is 22.1. The first-order chi connectivity index (χ1) is 18.0. The van der Waals surface area contributed by atoms with Gasteiger partial charge in [-0.1, -0.05) is 25.2 Å². The third-order valence-corrected chi connectivity index (χ3v) is 7.93. The van der Waals surface area contributed by atoms with Crippen LogP contribution >= 0.6 is 11.3 Å². The van der Waals surface area contributed by atoms with Crippen LogP contribution in [0.25, 0.3) is 21.5 Å². The Balaban J connectivity index is 1.55. The van der Waals surface area contributed by atoms with Crippen LogP contribution in [0.5, 0.6) is 5.75 Å². The summed E-state index contributed by atoms with van der Waals surface area (Å²) in [6.07, 6.45) is 2.98. The van der Waals surface area contributed by atoms with Crippen molar-refractivity contribution in [2.24, 2.45) is 0 Å². The van der Waals surface area contributed by atoms with E-state index < -0.39 is 10.0 Å². The van der Waals surface area contributed by atoms with Crippen LogP contribution in [-0.4, -0.2) is 47.8 Å². The minimum absolute atomic E-state index is 0.0336. The number of rotatable bonds is 6. The SMILES string of the molecule is Cc1cc(-c2cnc3sc(N)nc3c2)cc2c1OCCN(c1nc(CNS(C)(=O)=O)nc(C)c1C(C)C)C2. The van der Waals surface area contributed by atoms with E-state index in [9.17, 15) is 8.42 Å². The first-order valence-corrected chi connectivity index (χ1v) is 15.0. The summed E-state index contributed by atoms with van der Waals surface area (Å²) in [5.41, 5.74) is 12.6. The van der Waals surface area contributed by atoms with E-state index in [0.29, 0.717) is 30.7 Å². The smallest absolute Gasteiger partial charge is 0.209 e. The highest BCUT2D eigenvalue weighted by Gasteiger charge is 2.25. The number of nitrogens with zero attached hydrogens (tertiary/aromatic N) is 5. The highest BCUT2D eigenvalue weighted by atomic mass is 32.2. The summed E-state index contributed by atoms with van der Waals surface area (Å²) < 4.78 is 32.1. The Hall–Kier alpha value is -3.35. The van der Waals surface area contributed by atoms with Crippen LogP contribution in [0.1, 0.15) is 48.0 Å². The monoisotopic (exact) mass is 553 g/mol. The molecule has 0 radical (unpaired) electrons. The Morgan fingerprint density at radius 1 is 1.16 bits per heavy atom. The average molecular weight is 554 g/mol. The Labute approximate surface area is 226 Å². The number of sulfonamides is 1. The number of thiazole rings is 1. The normalized spacial score (nSPS) is 14.0. The van der Waals surface area contributed by atoms with Gasteiger partial charge >= 0.3 is 0 Å². The second kappa shape index (κ2) is 10.1. The molecule has 12 heteroatoms. The van der Waals surface area contributed by atoms with Gasteiger partial charge in [0.05, 0.1) is 19.3 Å². The Morgan fingerprint density at radius 2 is 1.95 bits per heavy atom. The van der Waals surface area contributed by atoms with Gasteiger partial charge in [-0.15, -0.1) is 0 Å². The summed E-state index contributed by atoms with van der Waals surface area (Å²) in [7, 11) is -3.37. The number of pyridine rings is 1. The zero-order chi connectivity index (χ0) is 27.2. The maximum absolute atomic E-state index is 11.7. The van der Waals surface area contributed by atoms with Crippen LogP contribution in [0, 0.1) is 13.8 Å². The Bertz CT molecular complexity index is 1630. The molecule has 0 saturated carbocycles. The number of ether oxygens (including phenoxy) is 1. The molecule has 1 aliphatic rings. The van der Waals surface area contributed by atoms with Crippen LogP contribution < -0.4 is 20.1 Å². The van der Waals surface area contributed by atoms with Gasteiger partial charge in [-0.25, -0.2) is 33.1 Å². The molecule has 4 heterocycles. The summed E-state index contributed by atoms with van der Waals surface area (Å²) in [6, 6.07) is 6.25. The predicted molar refractivity (Wildman–Crippen MR) is 151 cm³/mol. The lowest BCUT2D eigenvalue weighted by Crippen LogP contribution is -2.29. The summed E-state index contributed by atoms with van der Waals surface area (Å²) in [6.45, 7) is 9.97. The van der Waals surface area contributed by atoms with Gasteiger partial charge in [0.15, 0.2) is 5.13 Å². The minimum Gasteiger partial charge on any atom is -0.491 e. The van der Waals surface area contributed by atoms with Crippen LogP contribution in [0.4, 0.5) is 10.9 Å². The van der Waals surface area contributed by atoms with Crippen molar-refractivity contribution < 1.29 is 13.2 Å². The molecule has 0 amide bonds. The number of nitrogens with two attached hydrogens (primary N) is 1. The van der Waals surface area contributed by atoms with Crippen LogP contribution in [-0.2, 0) is 23.1 Å². The number of nitrogens with one attached hydrogen (secondary N) is 1. The number of nitrogen functional groups attached to an aromatic ring is 1. The molecule has 4 aromatic rings. The van der Waals surface area contributed by atoms with Crippen LogP contribution in [0.3, 0.4) is 0 Å². The molecular weight excluding hydrogens is 522 g/mol. The predicted octanol–water partition coefficient (Wildman–Crippen LogP) is 3.92. The summed E-state index contributed by atoms with van der Waals surface area (Å²) in [5.74, 6) is 2.30. The molecule has 1 aliphatic heterocycles. The Kier molecular flexibility index (Phi) is 6.97. The van der Waals surface area contributed by atoms with Gasteiger partial charge in [-0.2, -0.15) is 0 Å². The molecule has 3 N–H and O–H groups in total. The van der Waals surface area contributed by atoms with Crippen molar-refractivity contribution in [2.75, 3.05) is 30.0 Å². The van der Waals surface area contributed by atoms with E-state index in [1.54, 1.807) is 0 Å². The third kappa shape index (κ3) is 5.42. The van der Waals surface area contributed by atoms with Gasteiger partial charge in [0, 0.05) is 35.1 Å². The highest BCUT2D eigenvalue weighted by molar-refractivity contribution is 7.88. The molecule has 0 bridgehead atoms. The third-order valence-electron chi connectivity index (χ3n) is 6.45. The standard InChI is InChI=1S/C26H31N7O3S2/c1-14(2)22-16(4)30-21(12-29-38(5,34)35)32-24(22)33-6-7-36-23-15(3)8-17(9-19(23)13-33)18-10-20-25(28-11-18)37-26(27)31-20/h8-11,14,29H,6-7,12-13H2,1-5H3,(H2,27,31). The lowest BCUT2D eigenvalue weighted by molar-refractivity contribution is 0.329. The topological polar surface area (TPSA) is 136 Å². The minimum atomic E-state index is -3.37. The maximum atomic E-state index is 11.7. The van der Waals surface area contributed by atoms with Gasteiger partial charge in [-0.05, 0) is 49.1 Å². The van der Waals surface area contributed by atoms with E-state index in [4.69, 9.17) is 15.5 Å². The average Bonchev–Trinajstić information content (AvgIpc) is 3.06. The lowest BCUT2D eigenvalue weighted by atomic mass is 9.99. The molecule has 10 nitrogen and oxygen atoms in total. The van der Waals surface area contributed by atoms with Crippen LogP contribution in [0.2, 0.25) is 0 Å². The molecule has 1 aromatic carbocycles. The molecule has 0 aliphatic carbocycles. The summed E-state index contributed by atoms with van der Waals surface area (Å²) in [4.78, 5) is 21.4. The van der Waals surface area contributed by atoms with Gasteiger partial charge in [0.25, 0.3) is 0 Å². The van der Waals surface area contributed by atoms with Crippen molar-refractivity contribution in [3.05, 3.63) is 52.6 Å². The van der Waals surface area contributed by atoms with E-state index in [-0.39, 0.29) is 12.5 Å². The van der Waals surface area contributed by atoms with Gasteiger partial charge in [0.2, 0.25) is 10.0 Å². The second-order valence-corrected chi connectivity index (χ2v) is 12.7. The van der Waals surface area contributed by atoms with Crippen molar-refractivity contribution in [1.29, 1.82) is 0 Å². The molecule has 0 unspecified atom stereocenters. The van der Waals surface area contributed by atoms with E-state index in [2.05, 4.69) is 50.6 Å². The number of hydrogen-bond donors (Lipinski definition) is 2. The van der Waals surface area contributed by atoms with E-state index in [0.717, 1.165) is 61.7 Å². The molecule has 38 heavy (non-hydrogen) atoms. The number of aromatic nitrogens is 4. The Morgan fingerprint density at radius 3 is 2.68 bits per heavy atom. The van der Waals surface area contributed by atoms with E-state index >= 15 is 0 Å². The van der Waals surface area contributed by atoms with Crippen molar-refractivity contribution in [3.8, 4) is 16.9 Å². The molecular formula is C26H31N7O3S2. The second-order valence-electron chi connectivity index (χ2n) is 9.86. The van der Waals surface area contributed by atoms with Crippen molar-refractivity contribution in [2.45, 2.75) is 46.7 Å². The van der Waals surface area contributed by atoms with Crippen molar-refractivity contribution >= 4 is 42.7 Å².